The molecule has 0 spiro atoms. The van der Waals surface area contributed by atoms with Gasteiger partial charge < -0.3 is 5.73 Å². The molecule has 0 aliphatic heterocycles. The lowest BCUT2D eigenvalue weighted by Gasteiger charge is -2.08. The molecule has 0 aliphatic rings. The van der Waals surface area contributed by atoms with Gasteiger partial charge in [0.1, 0.15) is 5.82 Å². The Hall–Kier alpha value is -1.75. The summed E-state index contributed by atoms with van der Waals surface area (Å²) in [6, 6.07) is 6.55. The van der Waals surface area contributed by atoms with Crippen molar-refractivity contribution in [3.63, 3.8) is 0 Å². The first-order valence-corrected chi connectivity index (χ1v) is 7.60. The quantitative estimate of drug-likeness (QED) is 0.760. The van der Waals surface area contributed by atoms with E-state index < -0.39 is 0 Å². The van der Waals surface area contributed by atoms with Crippen molar-refractivity contribution < 1.29 is 4.39 Å². The van der Waals surface area contributed by atoms with E-state index in [2.05, 4.69) is 17.2 Å². The van der Waals surface area contributed by atoms with Gasteiger partial charge in [0.05, 0.1) is 11.4 Å². The second kappa shape index (κ2) is 7.88. The molecule has 114 valence electrons. The highest BCUT2D eigenvalue weighted by molar-refractivity contribution is 5.24. The Bertz CT molecular complexity index is 548. The van der Waals surface area contributed by atoms with Gasteiger partial charge in [0.15, 0.2) is 0 Å². The monoisotopic (exact) mass is 290 g/mol. The number of unbranched alkanes of at least 4 members (excludes halogenated alkanes) is 3. The average molecular weight is 290 g/mol. The smallest absolute Gasteiger partial charge is 0.123 e. The molecule has 0 saturated carbocycles. The predicted molar refractivity (Wildman–Crippen MR) is 81.3 cm³/mol. The number of halogens is 1. The third kappa shape index (κ3) is 4.36. The molecule has 4 nitrogen and oxygen atoms in total. The minimum atomic E-state index is -0.219. The summed E-state index contributed by atoms with van der Waals surface area (Å²) >= 11 is 0. The third-order valence-electron chi connectivity index (χ3n) is 3.62. The number of nitrogens with zero attached hydrogens (tertiary/aromatic N) is 3. The SMILES string of the molecule is CCCCCCn1nnc(CN)c1Cc1ccc(F)cc1. The van der Waals surface area contributed by atoms with Crippen molar-refractivity contribution in [2.75, 3.05) is 0 Å². The first-order chi connectivity index (χ1) is 10.2. The summed E-state index contributed by atoms with van der Waals surface area (Å²) in [5, 5.41) is 8.37. The van der Waals surface area contributed by atoms with Crippen LogP contribution >= 0.6 is 0 Å². The van der Waals surface area contributed by atoms with Crippen molar-refractivity contribution in [1.29, 1.82) is 0 Å². The highest BCUT2D eigenvalue weighted by atomic mass is 19.1. The van der Waals surface area contributed by atoms with Gasteiger partial charge >= 0.3 is 0 Å². The minimum absolute atomic E-state index is 0.219. The lowest BCUT2D eigenvalue weighted by atomic mass is 10.1. The molecule has 5 heteroatoms. The fraction of sp³-hybridized carbons (Fsp3) is 0.500. The van der Waals surface area contributed by atoms with Crippen molar-refractivity contribution in [3.05, 3.63) is 47.0 Å². The Labute approximate surface area is 125 Å². The predicted octanol–water partition coefficient (Wildman–Crippen LogP) is 3.05. The Balaban J connectivity index is 2.08. The van der Waals surface area contributed by atoms with Gasteiger partial charge in [-0.05, 0) is 24.1 Å². The van der Waals surface area contributed by atoms with Gasteiger partial charge in [-0.1, -0.05) is 43.5 Å². The van der Waals surface area contributed by atoms with Crippen LogP contribution < -0.4 is 5.73 Å². The van der Waals surface area contributed by atoms with Crippen LogP contribution in [0.4, 0.5) is 4.39 Å². The van der Waals surface area contributed by atoms with Crippen molar-refractivity contribution in [2.24, 2.45) is 5.73 Å². The van der Waals surface area contributed by atoms with E-state index in [9.17, 15) is 4.39 Å². The van der Waals surface area contributed by atoms with E-state index in [-0.39, 0.29) is 5.82 Å². The summed E-state index contributed by atoms with van der Waals surface area (Å²) in [7, 11) is 0. The molecule has 0 amide bonds. The summed E-state index contributed by atoms with van der Waals surface area (Å²) in [4.78, 5) is 0. The zero-order chi connectivity index (χ0) is 15.1. The number of aryl methyl sites for hydroxylation is 1. The molecule has 0 bridgehead atoms. The van der Waals surface area contributed by atoms with E-state index in [0.29, 0.717) is 13.0 Å². The topological polar surface area (TPSA) is 56.7 Å². The van der Waals surface area contributed by atoms with E-state index in [4.69, 9.17) is 5.73 Å². The molecular weight excluding hydrogens is 267 g/mol. The summed E-state index contributed by atoms with van der Waals surface area (Å²) in [5.74, 6) is -0.219. The minimum Gasteiger partial charge on any atom is -0.325 e. The fourth-order valence-corrected chi connectivity index (χ4v) is 2.38. The normalized spacial score (nSPS) is 11.0. The highest BCUT2D eigenvalue weighted by Crippen LogP contribution is 2.14. The van der Waals surface area contributed by atoms with Crippen LogP contribution in [-0.2, 0) is 19.5 Å². The maximum absolute atomic E-state index is 13.0. The Morgan fingerprint density at radius 2 is 1.90 bits per heavy atom. The molecule has 0 aliphatic carbocycles. The van der Waals surface area contributed by atoms with Crippen molar-refractivity contribution in [2.45, 2.75) is 52.1 Å². The second-order valence-corrected chi connectivity index (χ2v) is 5.27. The third-order valence-corrected chi connectivity index (χ3v) is 3.62. The second-order valence-electron chi connectivity index (χ2n) is 5.27. The molecule has 0 saturated heterocycles. The zero-order valence-electron chi connectivity index (χ0n) is 12.6. The number of hydrogen-bond donors (Lipinski definition) is 1. The summed E-state index contributed by atoms with van der Waals surface area (Å²) < 4.78 is 14.9. The van der Waals surface area contributed by atoms with Gasteiger partial charge in [-0.3, -0.25) is 0 Å². The van der Waals surface area contributed by atoms with E-state index in [1.54, 1.807) is 12.1 Å². The van der Waals surface area contributed by atoms with Crippen LogP contribution in [-0.4, -0.2) is 15.0 Å². The van der Waals surface area contributed by atoms with Gasteiger partial charge in [-0.25, -0.2) is 9.07 Å². The highest BCUT2D eigenvalue weighted by Gasteiger charge is 2.12. The van der Waals surface area contributed by atoms with Gasteiger partial charge in [-0.2, -0.15) is 0 Å². The van der Waals surface area contributed by atoms with Crippen molar-refractivity contribution >= 4 is 0 Å². The van der Waals surface area contributed by atoms with Crippen LogP contribution in [0.2, 0.25) is 0 Å². The number of benzene rings is 1. The Morgan fingerprint density at radius 1 is 1.14 bits per heavy atom. The molecule has 0 unspecified atom stereocenters. The van der Waals surface area contributed by atoms with Gasteiger partial charge in [0, 0.05) is 19.5 Å². The maximum atomic E-state index is 13.0. The molecule has 2 rings (SSSR count). The number of nitrogens with two attached hydrogens (primary N) is 1. The molecule has 0 radical (unpaired) electrons. The molecule has 2 N–H and O–H groups in total. The van der Waals surface area contributed by atoms with Crippen molar-refractivity contribution in [1.82, 2.24) is 15.0 Å². The average Bonchev–Trinajstić information content (AvgIpc) is 2.88. The summed E-state index contributed by atoms with van der Waals surface area (Å²) in [6.07, 6.45) is 5.44. The number of rotatable bonds is 8. The first-order valence-electron chi connectivity index (χ1n) is 7.60. The number of hydrogen-bond acceptors (Lipinski definition) is 3. The van der Waals surface area contributed by atoms with E-state index in [1.807, 2.05) is 4.68 Å². The molecule has 0 atom stereocenters. The van der Waals surface area contributed by atoms with Crippen LogP contribution in [0.3, 0.4) is 0 Å². The molecule has 0 fully saturated rings. The van der Waals surface area contributed by atoms with E-state index in [0.717, 1.165) is 29.9 Å². The lowest BCUT2D eigenvalue weighted by molar-refractivity contribution is 0.515. The molecule has 1 aromatic carbocycles. The maximum Gasteiger partial charge on any atom is 0.123 e. The zero-order valence-corrected chi connectivity index (χ0v) is 12.6. The van der Waals surface area contributed by atoms with Gasteiger partial charge in [-0.15, -0.1) is 5.10 Å². The largest absolute Gasteiger partial charge is 0.325 e. The Kier molecular flexibility index (Phi) is 5.87. The fourth-order valence-electron chi connectivity index (χ4n) is 2.38. The first kappa shape index (κ1) is 15.6. The molecule has 21 heavy (non-hydrogen) atoms. The van der Waals surface area contributed by atoms with Crippen LogP contribution in [0.5, 0.6) is 0 Å². The standard InChI is InChI=1S/C16H23FN4/c1-2-3-4-5-10-21-16(15(12-18)19-20-21)11-13-6-8-14(17)9-7-13/h6-9H,2-5,10-12,18H2,1H3. The lowest BCUT2D eigenvalue weighted by Crippen LogP contribution is -2.09. The molecule has 2 aromatic rings. The van der Waals surface area contributed by atoms with Gasteiger partial charge in [0.2, 0.25) is 0 Å². The van der Waals surface area contributed by atoms with Crippen LogP contribution in [0.15, 0.2) is 24.3 Å². The Morgan fingerprint density at radius 3 is 2.57 bits per heavy atom. The number of aromatic nitrogens is 3. The molecule has 1 heterocycles. The van der Waals surface area contributed by atoms with Crippen LogP contribution in [0.1, 0.15) is 49.6 Å². The van der Waals surface area contributed by atoms with E-state index >= 15 is 0 Å². The van der Waals surface area contributed by atoms with Crippen molar-refractivity contribution in [3.8, 4) is 0 Å². The summed E-state index contributed by atoms with van der Waals surface area (Å²) in [6.45, 7) is 3.44. The molecule has 1 aromatic heterocycles. The van der Waals surface area contributed by atoms with Crippen LogP contribution in [0.25, 0.3) is 0 Å². The van der Waals surface area contributed by atoms with E-state index in [1.165, 1.54) is 31.4 Å². The summed E-state index contributed by atoms with van der Waals surface area (Å²) in [5.41, 5.74) is 8.66. The van der Waals surface area contributed by atoms with Gasteiger partial charge in [0.25, 0.3) is 0 Å². The molecular formula is C16H23FN4. The van der Waals surface area contributed by atoms with Crippen LogP contribution in [0, 0.1) is 5.82 Å².